The van der Waals surface area contributed by atoms with Crippen molar-refractivity contribution in [2.75, 3.05) is 9.80 Å². The van der Waals surface area contributed by atoms with Crippen molar-refractivity contribution in [3.05, 3.63) is 349 Å². The van der Waals surface area contributed by atoms with Gasteiger partial charge in [0.15, 0.2) is 0 Å². The van der Waals surface area contributed by atoms with Crippen LogP contribution in [0.2, 0.25) is 0 Å². The lowest BCUT2D eigenvalue weighted by atomic mass is 9.33. The van der Waals surface area contributed by atoms with Gasteiger partial charge in [-0.25, -0.2) is 0 Å². The number of rotatable bonds is 9. The maximum atomic E-state index is 2.64. The second-order valence-corrected chi connectivity index (χ2v) is 36.7. The SMILES string of the molecule is CC(C)(C)c1ccc2c(c1)c1ccccc1n2-c1cc2c3c(c1)N(c1ccc(-c4ccc5c(c4)C(C)(C)CC5(C)C)cc1)c1cc(-n4c5ccccc5c5cc(-c6ccccc6)ccc54)ccc1B3c1ccc(-n3c4ccccc4c4cc(-c5ccccc5)ccc43)cc1N2c1ccc(-c2ccc3c(c2)C(C)(C)CC3(C)C)cc1. The van der Waals surface area contributed by atoms with Gasteiger partial charge < -0.3 is 23.5 Å². The summed E-state index contributed by atoms with van der Waals surface area (Å²) < 4.78 is 7.61. The molecule has 0 radical (unpaired) electrons. The number of para-hydroxylation sites is 3. The molecule has 0 unspecified atom stereocenters. The minimum Gasteiger partial charge on any atom is -0.311 e. The molecule has 0 N–H and O–H groups in total. The van der Waals surface area contributed by atoms with Crippen LogP contribution < -0.4 is 26.2 Å². The molecule has 0 saturated heterocycles. The van der Waals surface area contributed by atoms with E-state index in [9.17, 15) is 0 Å². The Hall–Kier alpha value is -12.6. The van der Waals surface area contributed by atoms with Crippen LogP contribution in [-0.2, 0) is 27.1 Å². The highest BCUT2D eigenvalue weighted by Gasteiger charge is 2.47. The molecule has 0 atom stereocenters. The fourth-order valence-electron chi connectivity index (χ4n) is 21.7. The monoisotopic (exact) mass is 1470 g/mol. The van der Waals surface area contributed by atoms with Crippen LogP contribution in [-0.4, -0.2) is 20.4 Å². The van der Waals surface area contributed by atoms with Crippen LogP contribution in [0.15, 0.2) is 322 Å². The number of hydrogen-bond acceptors (Lipinski definition) is 2. The summed E-state index contributed by atoms with van der Waals surface area (Å²) in [7, 11) is 0. The first-order valence-corrected chi connectivity index (χ1v) is 40.9. The summed E-state index contributed by atoms with van der Waals surface area (Å²) in [6.45, 7) is 26.2. The summed E-state index contributed by atoms with van der Waals surface area (Å²) in [6, 6.07) is 124. The quantitative estimate of drug-likeness (QED) is 0.134. The topological polar surface area (TPSA) is 21.3 Å². The summed E-state index contributed by atoms with van der Waals surface area (Å²) in [5.74, 6) is 0. The first kappa shape index (κ1) is 68.2. The molecule has 2 aliphatic heterocycles. The molecule has 550 valence electrons. The van der Waals surface area contributed by atoms with Crippen molar-refractivity contribution in [2.24, 2.45) is 0 Å². The molecule has 3 aromatic heterocycles. The van der Waals surface area contributed by atoms with Gasteiger partial charge in [0, 0.05) is 77.8 Å². The van der Waals surface area contributed by atoms with Gasteiger partial charge in [0.2, 0.25) is 0 Å². The van der Waals surface area contributed by atoms with E-state index in [1.54, 1.807) is 0 Å². The molecule has 0 amide bonds. The summed E-state index contributed by atoms with van der Waals surface area (Å²) in [5, 5.41) is 7.36. The zero-order valence-corrected chi connectivity index (χ0v) is 66.8. The summed E-state index contributed by atoms with van der Waals surface area (Å²) in [5.41, 5.74) is 37.8. The highest BCUT2D eigenvalue weighted by molar-refractivity contribution is 7.00. The van der Waals surface area contributed by atoms with Crippen LogP contribution in [0.5, 0.6) is 0 Å². The predicted octanol–water partition coefficient (Wildman–Crippen LogP) is 26.9. The summed E-state index contributed by atoms with van der Waals surface area (Å²) in [4.78, 5) is 5.28. The zero-order chi connectivity index (χ0) is 77.2. The molecule has 18 aromatic rings. The second kappa shape index (κ2) is 24.4. The molecule has 0 saturated carbocycles. The Morgan fingerprint density at radius 1 is 0.246 bits per heavy atom. The predicted molar refractivity (Wildman–Crippen MR) is 485 cm³/mol. The van der Waals surface area contributed by atoms with E-state index in [1.807, 2.05) is 0 Å². The van der Waals surface area contributed by atoms with Crippen molar-refractivity contribution >= 4 is 123 Å². The first-order chi connectivity index (χ1) is 55.1. The number of benzene rings is 15. The Morgan fingerprint density at radius 2 is 0.561 bits per heavy atom. The molecule has 6 heteroatoms. The number of fused-ring (bicyclic) bond motifs is 15. The maximum absolute atomic E-state index is 2.64. The number of nitrogens with zero attached hydrogens (tertiary/aromatic N) is 5. The Morgan fingerprint density at radius 3 is 0.982 bits per heavy atom. The normalized spacial score (nSPS) is 15.5. The van der Waals surface area contributed by atoms with Crippen LogP contribution in [0, 0.1) is 0 Å². The van der Waals surface area contributed by atoms with Crippen molar-refractivity contribution in [1.29, 1.82) is 0 Å². The van der Waals surface area contributed by atoms with E-state index < -0.39 is 0 Å². The third-order valence-corrected chi connectivity index (χ3v) is 26.5. The van der Waals surface area contributed by atoms with Crippen LogP contribution in [0.1, 0.15) is 117 Å². The van der Waals surface area contributed by atoms with Gasteiger partial charge in [-0.3, -0.25) is 0 Å². The lowest BCUT2D eigenvalue weighted by Crippen LogP contribution is -2.61. The van der Waals surface area contributed by atoms with Gasteiger partial charge in [0.05, 0.1) is 38.8 Å². The molecule has 0 bridgehead atoms. The molecule has 5 nitrogen and oxygen atoms in total. The van der Waals surface area contributed by atoms with Crippen LogP contribution in [0.25, 0.3) is 127 Å². The highest BCUT2D eigenvalue weighted by Crippen LogP contribution is 2.54. The maximum Gasteiger partial charge on any atom is 0.252 e. The lowest BCUT2D eigenvalue weighted by molar-refractivity contribution is 0.402. The smallest absolute Gasteiger partial charge is 0.252 e. The van der Waals surface area contributed by atoms with Gasteiger partial charge >= 0.3 is 0 Å². The average molecular weight is 1470 g/mol. The Kier molecular flexibility index (Phi) is 14.6. The zero-order valence-electron chi connectivity index (χ0n) is 66.8. The fourth-order valence-corrected chi connectivity index (χ4v) is 21.7. The van der Waals surface area contributed by atoms with Crippen molar-refractivity contribution in [1.82, 2.24) is 13.7 Å². The fraction of sp³-hybridized carbons (Fsp3) is 0.167. The van der Waals surface area contributed by atoms with Crippen LogP contribution in [0.3, 0.4) is 0 Å². The molecule has 114 heavy (non-hydrogen) atoms. The van der Waals surface area contributed by atoms with Gasteiger partial charge in [0.1, 0.15) is 0 Å². The van der Waals surface area contributed by atoms with E-state index in [4.69, 9.17) is 0 Å². The van der Waals surface area contributed by atoms with Crippen molar-refractivity contribution in [2.45, 2.75) is 116 Å². The number of anilines is 6. The lowest BCUT2D eigenvalue weighted by Gasteiger charge is -2.44. The van der Waals surface area contributed by atoms with Crippen LogP contribution >= 0.6 is 0 Å². The number of aromatic nitrogens is 3. The van der Waals surface area contributed by atoms with E-state index in [2.05, 4.69) is 421 Å². The minimum absolute atomic E-state index is 0.0573. The van der Waals surface area contributed by atoms with Crippen molar-refractivity contribution < 1.29 is 0 Å². The molecule has 2 aliphatic carbocycles. The molecule has 5 heterocycles. The molecule has 4 aliphatic rings. The summed E-state index contributed by atoms with van der Waals surface area (Å²) >= 11 is 0. The van der Waals surface area contributed by atoms with E-state index in [0.717, 1.165) is 80.6 Å². The van der Waals surface area contributed by atoms with E-state index in [-0.39, 0.29) is 33.8 Å². The molecular formula is C108H90BN5. The molecule has 0 spiro atoms. The minimum atomic E-state index is -0.216. The third-order valence-electron chi connectivity index (χ3n) is 26.5. The Balaban J connectivity index is 0.829. The standard InChI is InChI=1S/C108H90BN5/c1-104(2,3)75-42-55-98-86(60-75)83-30-20-23-33-95(83)114(98)80-63-101-103-102(64-80)111(77-45-36-70(37-46-77)74-39-50-88-90(59-74)108(10,11)66-106(88,6)7)100-62-79(113-94-32-22-19-29-82(94)85-57-72(41-54-97(85)113)68-26-16-13-17-27-68)48-52-92(100)109(103)91-51-47-78(112-93-31-21-18-28-81(93)84-56-71(40-53-96(84)112)67-24-14-12-15-25-67)61-99(91)110(101)76-43-34-69(35-44-76)73-38-49-87-89(58-73)107(8,9)65-105(87,4)5/h12-64H,65-66H2,1-11H3. The van der Waals surface area contributed by atoms with Gasteiger partial charge in [-0.2, -0.15) is 0 Å². The second-order valence-electron chi connectivity index (χ2n) is 36.7. The van der Waals surface area contributed by atoms with E-state index in [0.29, 0.717) is 0 Å². The van der Waals surface area contributed by atoms with Crippen LogP contribution in [0.4, 0.5) is 34.1 Å². The highest BCUT2D eigenvalue weighted by atomic mass is 15.2. The van der Waals surface area contributed by atoms with E-state index >= 15 is 0 Å². The molecule has 0 fully saturated rings. The van der Waals surface area contributed by atoms with Crippen molar-refractivity contribution in [3.8, 4) is 61.6 Å². The molecular weight excluding hydrogens is 1380 g/mol. The van der Waals surface area contributed by atoms with Crippen molar-refractivity contribution in [3.63, 3.8) is 0 Å². The Labute approximate surface area is 668 Å². The van der Waals surface area contributed by atoms with Gasteiger partial charge in [-0.1, -0.05) is 282 Å². The van der Waals surface area contributed by atoms with Gasteiger partial charge in [-0.05, 0) is 244 Å². The first-order valence-electron chi connectivity index (χ1n) is 40.9. The molecule has 15 aromatic carbocycles. The van der Waals surface area contributed by atoms with E-state index in [1.165, 1.54) is 138 Å². The largest absolute Gasteiger partial charge is 0.311 e. The molecule has 22 rings (SSSR count). The third kappa shape index (κ3) is 10.3. The van der Waals surface area contributed by atoms with Gasteiger partial charge in [-0.15, -0.1) is 0 Å². The van der Waals surface area contributed by atoms with Gasteiger partial charge in [0.25, 0.3) is 6.71 Å². The average Bonchev–Trinajstić information content (AvgIpc) is 0.739. The summed E-state index contributed by atoms with van der Waals surface area (Å²) in [6.07, 6.45) is 2.24. The number of hydrogen-bond donors (Lipinski definition) is 0. The Bertz CT molecular complexity index is 6720.